The van der Waals surface area contributed by atoms with E-state index in [0.29, 0.717) is 12.8 Å². The number of hydrogen-bond acceptors (Lipinski definition) is 9. The predicted molar refractivity (Wildman–Crippen MR) is 168 cm³/mol. The molecule has 0 aromatic rings. The normalized spacial score (nSPS) is 14.4. The Morgan fingerprint density at radius 1 is 0.674 bits per heavy atom. The number of allylic oxidation sites excluding steroid dienone is 2. The number of carbonyl (C=O) groups is 2. The first kappa shape index (κ1) is 41.7. The monoisotopic (exact) mass is 636 g/mol. The molecule has 0 aromatic carbocycles. The first-order chi connectivity index (χ1) is 20.7. The third kappa shape index (κ3) is 29.2. The summed E-state index contributed by atoms with van der Waals surface area (Å²) >= 11 is 0. The Hall–Kier alpha value is -1.29. The van der Waals surface area contributed by atoms with Gasteiger partial charge in [0.05, 0.1) is 19.8 Å². The SMILES string of the molecule is CCCCC/C=C/CCCCCCCC(=O)OC[C@@H](COP(=O)(O)OC[C@H](O)CO)OC(=O)CCCCCCCCCC. The number of aliphatic hydroxyl groups is 2. The average molecular weight is 637 g/mol. The van der Waals surface area contributed by atoms with Gasteiger partial charge in [0, 0.05) is 12.8 Å². The summed E-state index contributed by atoms with van der Waals surface area (Å²) in [6.45, 7) is 2.27. The molecule has 0 saturated heterocycles. The Morgan fingerprint density at radius 3 is 1.72 bits per heavy atom. The van der Waals surface area contributed by atoms with Gasteiger partial charge < -0.3 is 24.6 Å². The molecule has 0 aliphatic rings. The van der Waals surface area contributed by atoms with Crippen LogP contribution in [0.5, 0.6) is 0 Å². The molecule has 0 heterocycles. The summed E-state index contributed by atoms with van der Waals surface area (Å²) in [5.74, 6) is -0.940. The number of rotatable bonds is 31. The summed E-state index contributed by atoms with van der Waals surface area (Å²) in [5, 5.41) is 18.2. The second-order valence-corrected chi connectivity index (χ2v) is 12.6. The number of unbranched alkanes of at least 4 members (excludes halogenated alkanes) is 15. The van der Waals surface area contributed by atoms with Crippen molar-refractivity contribution in [2.45, 2.75) is 154 Å². The number of ether oxygens (including phenoxy) is 2. The van der Waals surface area contributed by atoms with Crippen LogP contribution in [0.15, 0.2) is 12.2 Å². The number of carbonyl (C=O) groups excluding carboxylic acids is 2. The molecule has 3 atom stereocenters. The Kier molecular flexibility index (Phi) is 28.5. The van der Waals surface area contributed by atoms with Crippen molar-refractivity contribution in [3.63, 3.8) is 0 Å². The number of hydrogen-bond donors (Lipinski definition) is 3. The van der Waals surface area contributed by atoms with E-state index in [4.69, 9.17) is 19.1 Å². The van der Waals surface area contributed by atoms with E-state index in [0.717, 1.165) is 57.8 Å². The van der Waals surface area contributed by atoms with Gasteiger partial charge in [-0.15, -0.1) is 0 Å². The van der Waals surface area contributed by atoms with Gasteiger partial charge in [-0.3, -0.25) is 18.6 Å². The highest BCUT2D eigenvalue weighted by atomic mass is 31.2. The number of phosphoric acid groups is 1. The van der Waals surface area contributed by atoms with Gasteiger partial charge in [-0.2, -0.15) is 0 Å². The molecule has 0 fully saturated rings. The van der Waals surface area contributed by atoms with Crippen LogP contribution in [0.2, 0.25) is 0 Å². The smallest absolute Gasteiger partial charge is 0.462 e. The highest BCUT2D eigenvalue weighted by Crippen LogP contribution is 2.43. The lowest BCUT2D eigenvalue weighted by atomic mass is 10.1. The van der Waals surface area contributed by atoms with Gasteiger partial charge in [-0.25, -0.2) is 4.57 Å². The summed E-state index contributed by atoms with van der Waals surface area (Å²) in [4.78, 5) is 34.5. The predicted octanol–water partition coefficient (Wildman–Crippen LogP) is 7.33. The van der Waals surface area contributed by atoms with Gasteiger partial charge in [-0.05, 0) is 38.5 Å². The summed E-state index contributed by atoms with van der Waals surface area (Å²) in [7, 11) is -4.60. The molecule has 0 radical (unpaired) electrons. The van der Waals surface area contributed by atoms with Crippen molar-refractivity contribution in [2.24, 2.45) is 0 Å². The minimum atomic E-state index is -4.60. The molecule has 254 valence electrons. The topological polar surface area (TPSA) is 149 Å². The summed E-state index contributed by atoms with van der Waals surface area (Å²) in [6, 6.07) is 0. The molecule has 0 saturated carbocycles. The molecule has 0 aromatic heterocycles. The van der Waals surface area contributed by atoms with E-state index in [2.05, 4.69) is 30.5 Å². The Labute approximate surface area is 260 Å². The molecule has 43 heavy (non-hydrogen) atoms. The zero-order chi connectivity index (χ0) is 32.0. The highest BCUT2D eigenvalue weighted by molar-refractivity contribution is 7.47. The van der Waals surface area contributed by atoms with Crippen LogP contribution in [0.1, 0.15) is 142 Å². The van der Waals surface area contributed by atoms with E-state index < -0.39 is 51.8 Å². The van der Waals surface area contributed by atoms with Crippen LogP contribution in [-0.4, -0.2) is 65.7 Å². The third-order valence-corrected chi connectivity index (χ3v) is 7.87. The fourth-order valence-electron chi connectivity index (χ4n) is 4.28. The van der Waals surface area contributed by atoms with Crippen molar-refractivity contribution in [2.75, 3.05) is 26.4 Å². The largest absolute Gasteiger partial charge is 0.472 e. The zero-order valence-corrected chi connectivity index (χ0v) is 27.8. The van der Waals surface area contributed by atoms with Crippen LogP contribution in [0, 0.1) is 0 Å². The first-order valence-electron chi connectivity index (χ1n) is 16.6. The fraction of sp³-hybridized carbons (Fsp3) is 0.875. The Balaban J connectivity index is 4.43. The van der Waals surface area contributed by atoms with Crippen molar-refractivity contribution in [3.05, 3.63) is 12.2 Å². The molecule has 1 unspecified atom stereocenters. The van der Waals surface area contributed by atoms with Crippen LogP contribution in [0.3, 0.4) is 0 Å². The molecule has 0 spiro atoms. The van der Waals surface area contributed by atoms with Gasteiger partial charge in [0.1, 0.15) is 12.7 Å². The standard InChI is InChI=1S/C32H61O10P/c1-3-5-7-9-11-13-14-15-16-18-19-21-23-31(35)39-27-30(28-41-43(37,38)40-26-29(34)25-33)42-32(36)24-22-20-17-12-10-8-6-4-2/h11,13,29-30,33-34H,3-10,12,14-28H2,1-2H3,(H,37,38)/b13-11+/t29-,30+/m1/s1. The molecule has 0 bridgehead atoms. The second-order valence-electron chi connectivity index (χ2n) is 11.2. The average Bonchev–Trinajstić information content (AvgIpc) is 2.99. The van der Waals surface area contributed by atoms with Crippen LogP contribution in [0.25, 0.3) is 0 Å². The van der Waals surface area contributed by atoms with Crippen molar-refractivity contribution < 1.29 is 47.8 Å². The van der Waals surface area contributed by atoms with E-state index >= 15 is 0 Å². The van der Waals surface area contributed by atoms with Gasteiger partial charge >= 0.3 is 19.8 Å². The highest BCUT2D eigenvalue weighted by Gasteiger charge is 2.27. The second kappa shape index (κ2) is 29.4. The lowest BCUT2D eigenvalue weighted by Gasteiger charge is -2.20. The van der Waals surface area contributed by atoms with Crippen LogP contribution < -0.4 is 0 Å². The third-order valence-electron chi connectivity index (χ3n) is 6.92. The minimum absolute atomic E-state index is 0.185. The number of aliphatic hydroxyl groups excluding tert-OH is 2. The number of phosphoric ester groups is 1. The lowest BCUT2D eigenvalue weighted by molar-refractivity contribution is -0.161. The molecule has 10 nitrogen and oxygen atoms in total. The van der Waals surface area contributed by atoms with Gasteiger partial charge in [0.2, 0.25) is 0 Å². The minimum Gasteiger partial charge on any atom is -0.462 e. The van der Waals surface area contributed by atoms with Gasteiger partial charge in [0.15, 0.2) is 6.10 Å². The number of esters is 2. The Bertz CT molecular complexity index is 746. The Morgan fingerprint density at radius 2 is 1.14 bits per heavy atom. The van der Waals surface area contributed by atoms with Gasteiger partial charge in [-0.1, -0.05) is 103 Å². The molecule has 0 rings (SSSR count). The van der Waals surface area contributed by atoms with E-state index in [1.165, 1.54) is 44.9 Å². The van der Waals surface area contributed by atoms with E-state index in [1.54, 1.807) is 0 Å². The van der Waals surface area contributed by atoms with Crippen molar-refractivity contribution >= 4 is 19.8 Å². The lowest BCUT2D eigenvalue weighted by Crippen LogP contribution is -2.29. The van der Waals surface area contributed by atoms with E-state index in [9.17, 15) is 24.2 Å². The molecular formula is C32H61O10P. The zero-order valence-electron chi connectivity index (χ0n) is 26.9. The van der Waals surface area contributed by atoms with E-state index in [-0.39, 0.29) is 19.4 Å². The van der Waals surface area contributed by atoms with Gasteiger partial charge in [0.25, 0.3) is 0 Å². The fourth-order valence-corrected chi connectivity index (χ4v) is 5.07. The molecule has 0 amide bonds. The van der Waals surface area contributed by atoms with Crippen LogP contribution in [0.4, 0.5) is 0 Å². The maximum absolute atomic E-state index is 12.4. The molecule has 0 aliphatic heterocycles. The van der Waals surface area contributed by atoms with Crippen molar-refractivity contribution in [1.82, 2.24) is 0 Å². The molecular weight excluding hydrogens is 575 g/mol. The molecule has 11 heteroatoms. The maximum Gasteiger partial charge on any atom is 0.472 e. The van der Waals surface area contributed by atoms with Crippen LogP contribution in [-0.2, 0) is 32.7 Å². The maximum atomic E-state index is 12.4. The molecule has 3 N–H and O–H groups in total. The van der Waals surface area contributed by atoms with Crippen molar-refractivity contribution in [3.8, 4) is 0 Å². The first-order valence-corrected chi connectivity index (χ1v) is 18.1. The van der Waals surface area contributed by atoms with E-state index in [1.807, 2.05) is 0 Å². The summed E-state index contributed by atoms with van der Waals surface area (Å²) < 4.78 is 32.3. The summed E-state index contributed by atoms with van der Waals surface area (Å²) in [5.41, 5.74) is 0. The van der Waals surface area contributed by atoms with Crippen molar-refractivity contribution in [1.29, 1.82) is 0 Å². The summed E-state index contributed by atoms with van der Waals surface area (Å²) in [6.07, 6.45) is 22.0. The van der Waals surface area contributed by atoms with Crippen LogP contribution >= 0.6 is 7.82 Å². The quantitative estimate of drug-likeness (QED) is 0.0306. The molecule has 0 aliphatic carbocycles.